The maximum absolute atomic E-state index is 11.4. The van der Waals surface area contributed by atoms with Crippen molar-refractivity contribution in [3.63, 3.8) is 0 Å². The molecule has 0 saturated carbocycles. The third kappa shape index (κ3) is 2.35. The van der Waals surface area contributed by atoms with E-state index in [1.165, 1.54) is 6.20 Å². The molecule has 0 amide bonds. The lowest BCUT2D eigenvalue weighted by Gasteiger charge is -2.09. The highest BCUT2D eigenvalue weighted by Crippen LogP contribution is 2.13. The van der Waals surface area contributed by atoms with Crippen molar-refractivity contribution >= 4 is 0 Å². The SMILES string of the molecule is [O-][n+]1ccccc1CC(O)c1ccccn1. The smallest absolute Gasteiger partial charge is 0.195 e. The first-order valence-corrected chi connectivity index (χ1v) is 5.03. The number of hydrogen-bond acceptors (Lipinski definition) is 3. The second-order valence-corrected chi connectivity index (χ2v) is 3.49. The van der Waals surface area contributed by atoms with Crippen molar-refractivity contribution in [2.45, 2.75) is 12.5 Å². The van der Waals surface area contributed by atoms with Gasteiger partial charge in [0, 0.05) is 18.3 Å². The summed E-state index contributed by atoms with van der Waals surface area (Å²) < 4.78 is 0.756. The molecule has 1 atom stereocenters. The summed E-state index contributed by atoms with van der Waals surface area (Å²) in [5.74, 6) is 0. The zero-order valence-corrected chi connectivity index (χ0v) is 8.65. The average molecular weight is 216 g/mol. The lowest BCUT2D eigenvalue weighted by atomic mass is 10.1. The van der Waals surface area contributed by atoms with E-state index in [4.69, 9.17) is 0 Å². The molecule has 0 aliphatic heterocycles. The first-order chi connectivity index (χ1) is 7.77. The zero-order chi connectivity index (χ0) is 11.4. The van der Waals surface area contributed by atoms with Crippen molar-refractivity contribution in [1.82, 2.24) is 4.98 Å². The van der Waals surface area contributed by atoms with Crippen LogP contribution in [0.2, 0.25) is 0 Å². The minimum Gasteiger partial charge on any atom is -0.619 e. The summed E-state index contributed by atoms with van der Waals surface area (Å²) in [5, 5.41) is 21.3. The summed E-state index contributed by atoms with van der Waals surface area (Å²) in [5.41, 5.74) is 1.10. The number of aliphatic hydroxyl groups is 1. The Balaban J connectivity index is 2.14. The second-order valence-electron chi connectivity index (χ2n) is 3.49. The minimum atomic E-state index is -0.746. The van der Waals surface area contributed by atoms with Gasteiger partial charge in [0.2, 0.25) is 0 Å². The largest absolute Gasteiger partial charge is 0.619 e. The Labute approximate surface area is 93.4 Å². The molecule has 2 aromatic rings. The zero-order valence-electron chi connectivity index (χ0n) is 8.65. The molecule has 0 fully saturated rings. The van der Waals surface area contributed by atoms with E-state index in [0.717, 1.165) is 4.73 Å². The first kappa shape index (κ1) is 10.6. The lowest BCUT2D eigenvalue weighted by molar-refractivity contribution is -0.614. The molecule has 0 aliphatic rings. The van der Waals surface area contributed by atoms with Crippen molar-refractivity contribution < 1.29 is 9.84 Å². The lowest BCUT2D eigenvalue weighted by Crippen LogP contribution is -2.31. The average Bonchev–Trinajstić information content (AvgIpc) is 2.33. The molecule has 1 N–H and O–H groups in total. The van der Waals surface area contributed by atoms with Crippen LogP contribution in [0, 0.1) is 5.21 Å². The molecule has 0 aliphatic carbocycles. The molecule has 4 nitrogen and oxygen atoms in total. The highest BCUT2D eigenvalue weighted by atomic mass is 16.5. The van der Waals surface area contributed by atoms with E-state index in [0.29, 0.717) is 11.4 Å². The van der Waals surface area contributed by atoms with Crippen molar-refractivity contribution in [3.05, 3.63) is 65.4 Å². The van der Waals surface area contributed by atoms with Crippen LogP contribution in [0.4, 0.5) is 0 Å². The van der Waals surface area contributed by atoms with Gasteiger partial charge in [-0.2, -0.15) is 4.73 Å². The summed E-state index contributed by atoms with van der Waals surface area (Å²) >= 11 is 0. The molecule has 2 rings (SSSR count). The van der Waals surface area contributed by atoms with E-state index in [-0.39, 0.29) is 6.42 Å². The molecule has 0 aromatic carbocycles. The summed E-state index contributed by atoms with van der Waals surface area (Å²) in [7, 11) is 0. The van der Waals surface area contributed by atoms with Gasteiger partial charge >= 0.3 is 0 Å². The standard InChI is InChI=1S/C12H12N2O2/c15-12(11-6-1-3-7-13-11)9-10-5-2-4-8-14(10)16/h1-8,12,15H,9H2. The van der Waals surface area contributed by atoms with Gasteiger partial charge < -0.3 is 10.3 Å². The quantitative estimate of drug-likeness (QED) is 0.614. The van der Waals surface area contributed by atoms with Gasteiger partial charge in [0.05, 0.1) is 12.1 Å². The van der Waals surface area contributed by atoms with Gasteiger partial charge in [0.15, 0.2) is 11.9 Å². The van der Waals surface area contributed by atoms with Crippen LogP contribution in [-0.4, -0.2) is 10.1 Å². The summed E-state index contributed by atoms with van der Waals surface area (Å²) in [6, 6.07) is 10.5. The van der Waals surface area contributed by atoms with Crippen LogP contribution in [-0.2, 0) is 6.42 Å². The van der Waals surface area contributed by atoms with Crippen molar-refractivity contribution in [2.24, 2.45) is 0 Å². The fourth-order valence-electron chi connectivity index (χ4n) is 1.50. The third-order valence-corrected chi connectivity index (χ3v) is 2.34. The Kier molecular flexibility index (Phi) is 3.12. The molecule has 0 bridgehead atoms. The Morgan fingerprint density at radius 1 is 1.25 bits per heavy atom. The van der Waals surface area contributed by atoms with Crippen LogP contribution in [0.1, 0.15) is 17.5 Å². The van der Waals surface area contributed by atoms with E-state index in [1.54, 1.807) is 36.5 Å². The first-order valence-electron chi connectivity index (χ1n) is 5.03. The number of hydrogen-bond donors (Lipinski definition) is 1. The molecule has 0 radical (unpaired) electrons. The van der Waals surface area contributed by atoms with Crippen LogP contribution < -0.4 is 4.73 Å². The predicted molar refractivity (Wildman–Crippen MR) is 58.3 cm³/mol. The molecule has 82 valence electrons. The van der Waals surface area contributed by atoms with Crippen molar-refractivity contribution in [3.8, 4) is 0 Å². The number of aliphatic hydroxyl groups excluding tert-OH is 1. The molecular weight excluding hydrogens is 204 g/mol. The molecular formula is C12H12N2O2. The molecule has 4 heteroatoms. The van der Waals surface area contributed by atoms with Gasteiger partial charge in [-0.05, 0) is 12.1 Å². The second kappa shape index (κ2) is 4.72. The third-order valence-electron chi connectivity index (χ3n) is 2.34. The highest BCUT2D eigenvalue weighted by Gasteiger charge is 2.14. The van der Waals surface area contributed by atoms with Gasteiger partial charge in [-0.1, -0.05) is 12.1 Å². The van der Waals surface area contributed by atoms with Crippen LogP contribution in [0.15, 0.2) is 48.8 Å². The van der Waals surface area contributed by atoms with Gasteiger partial charge in [0.1, 0.15) is 6.10 Å². The van der Waals surface area contributed by atoms with Gasteiger partial charge in [0.25, 0.3) is 0 Å². The highest BCUT2D eigenvalue weighted by molar-refractivity contribution is 5.09. The fourth-order valence-corrected chi connectivity index (χ4v) is 1.50. The summed E-state index contributed by atoms with van der Waals surface area (Å²) in [6.45, 7) is 0. The van der Waals surface area contributed by atoms with E-state index in [1.807, 2.05) is 6.07 Å². The number of aromatic nitrogens is 2. The van der Waals surface area contributed by atoms with E-state index < -0.39 is 6.10 Å². The van der Waals surface area contributed by atoms with E-state index in [2.05, 4.69) is 4.98 Å². The minimum absolute atomic E-state index is 0.265. The van der Waals surface area contributed by atoms with Gasteiger partial charge in [-0.3, -0.25) is 4.98 Å². The van der Waals surface area contributed by atoms with E-state index >= 15 is 0 Å². The van der Waals surface area contributed by atoms with Gasteiger partial charge in [-0.15, -0.1) is 0 Å². The van der Waals surface area contributed by atoms with Crippen LogP contribution in [0.3, 0.4) is 0 Å². The normalized spacial score (nSPS) is 12.3. The Bertz CT molecular complexity index is 460. The molecule has 16 heavy (non-hydrogen) atoms. The van der Waals surface area contributed by atoms with Crippen LogP contribution >= 0.6 is 0 Å². The summed E-state index contributed by atoms with van der Waals surface area (Å²) in [4.78, 5) is 4.04. The van der Waals surface area contributed by atoms with Crippen LogP contribution in [0.25, 0.3) is 0 Å². The maximum Gasteiger partial charge on any atom is 0.195 e. The molecule has 2 heterocycles. The Morgan fingerprint density at radius 3 is 2.75 bits per heavy atom. The van der Waals surface area contributed by atoms with E-state index in [9.17, 15) is 10.3 Å². The molecule has 2 aromatic heterocycles. The monoisotopic (exact) mass is 216 g/mol. The fraction of sp³-hybridized carbons (Fsp3) is 0.167. The predicted octanol–water partition coefficient (Wildman–Crippen LogP) is 0.991. The summed E-state index contributed by atoms with van der Waals surface area (Å²) in [6.07, 6.45) is 2.56. The Morgan fingerprint density at radius 2 is 2.06 bits per heavy atom. The molecule has 0 saturated heterocycles. The van der Waals surface area contributed by atoms with Crippen LogP contribution in [0.5, 0.6) is 0 Å². The number of rotatable bonds is 3. The Hall–Kier alpha value is -1.94. The van der Waals surface area contributed by atoms with Crippen molar-refractivity contribution in [1.29, 1.82) is 0 Å². The number of nitrogens with zero attached hydrogens (tertiary/aromatic N) is 2. The molecule has 0 spiro atoms. The van der Waals surface area contributed by atoms with Crippen molar-refractivity contribution in [2.75, 3.05) is 0 Å². The number of pyridine rings is 2. The maximum atomic E-state index is 11.4. The molecule has 1 unspecified atom stereocenters. The topological polar surface area (TPSA) is 60.1 Å². The van der Waals surface area contributed by atoms with Gasteiger partial charge in [-0.25, -0.2) is 0 Å².